The van der Waals surface area contributed by atoms with E-state index < -0.39 is 16.1 Å². The van der Waals surface area contributed by atoms with Gasteiger partial charge in [-0.05, 0) is 61.4 Å². The normalized spacial score (nSPS) is 17.5. The highest BCUT2D eigenvalue weighted by molar-refractivity contribution is 7.92. The van der Waals surface area contributed by atoms with Gasteiger partial charge in [-0.1, -0.05) is 72.8 Å². The molecule has 0 N–H and O–H groups in total. The maximum atomic E-state index is 14.0. The van der Waals surface area contributed by atoms with Crippen LogP contribution in [0, 0.1) is 0 Å². The van der Waals surface area contributed by atoms with Crippen molar-refractivity contribution in [3.05, 3.63) is 126 Å². The van der Waals surface area contributed by atoms with E-state index in [2.05, 4.69) is 0 Å². The Hall–Kier alpha value is -3.90. The van der Waals surface area contributed by atoms with Crippen LogP contribution in [0.15, 0.2) is 120 Å². The Morgan fingerprint density at radius 1 is 0.771 bits per heavy atom. The largest absolute Gasteiger partial charge is 0.305 e. The van der Waals surface area contributed by atoms with Gasteiger partial charge in [0, 0.05) is 17.3 Å². The zero-order chi connectivity index (χ0) is 24.4. The van der Waals surface area contributed by atoms with Crippen molar-refractivity contribution < 1.29 is 13.2 Å². The fourth-order valence-electron chi connectivity index (χ4n) is 4.80. The molecule has 6 heteroatoms. The van der Waals surface area contributed by atoms with Crippen molar-refractivity contribution in [2.45, 2.75) is 30.3 Å². The Bertz CT molecular complexity index is 1420. The second kappa shape index (κ2) is 9.39. The van der Waals surface area contributed by atoms with E-state index in [4.69, 9.17) is 0 Å². The number of rotatable bonds is 5. The molecule has 35 heavy (non-hydrogen) atoms. The first kappa shape index (κ1) is 22.9. The minimum absolute atomic E-state index is 0.0961. The third-order valence-corrected chi connectivity index (χ3v) is 8.24. The van der Waals surface area contributed by atoms with E-state index in [0.29, 0.717) is 17.7 Å². The maximum Gasteiger partial charge on any atom is 0.264 e. The van der Waals surface area contributed by atoms with E-state index in [9.17, 15) is 13.2 Å². The molecule has 0 saturated heterocycles. The lowest BCUT2D eigenvalue weighted by Gasteiger charge is -2.43. The number of amides is 1. The molecule has 176 valence electrons. The molecule has 0 aliphatic carbocycles. The summed E-state index contributed by atoms with van der Waals surface area (Å²) in [6.07, 6.45) is 0.455. The van der Waals surface area contributed by atoms with Crippen LogP contribution in [0.3, 0.4) is 0 Å². The summed E-state index contributed by atoms with van der Waals surface area (Å²) in [5.74, 6) is -0.0961. The van der Waals surface area contributed by atoms with Gasteiger partial charge in [0.25, 0.3) is 15.9 Å². The summed E-state index contributed by atoms with van der Waals surface area (Å²) in [5, 5.41) is 0. The van der Waals surface area contributed by atoms with Gasteiger partial charge in [-0.25, -0.2) is 8.42 Å². The molecular weight excluding hydrogens is 456 g/mol. The molecule has 1 heterocycles. The summed E-state index contributed by atoms with van der Waals surface area (Å²) < 4.78 is 29.6. The van der Waals surface area contributed by atoms with Gasteiger partial charge in [-0.3, -0.25) is 9.10 Å². The fraction of sp³-hybridized carbons (Fsp3) is 0.138. The highest BCUT2D eigenvalue weighted by atomic mass is 32.2. The predicted octanol–water partition coefficient (Wildman–Crippen LogP) is 6.06. The highest BCUT2D eigenvalue weighted by Crippen LogP contribution is 2.44. The second-order valence-corrected chi connectivity index (χ2v) is 10.5. The summed E-state index contributed by atoms with van der Waals surface area (Å²) in [4.78, 5) is 15.6. The molecule has 1 aliphatic heterocycles. The molecule has 5 rings (SSSR count). The van der Waals surface area contributed by atoms with Crippen LogP contribution in [-0.4, -0.2) is 20.4 Å². The summed E-state index contributed by atoms with van der Waals surface area (Å²) in [5.41, 5.74) is 2.73. The lowest BCUT2D eigenvalue weighted by atomic mass is 9.90. The number of para-hydroxylation sites is 2. The average Bonchev–Trinajstić information content (AvgIpc) is 2.90. The number of anilines is 2. The van der Waals surface area contributed by atoms with Gasteiger partial charge in [0.05, 0.1) is 16.6 Å². The molecule has 0 spiro atoms. The van der Waals surface area contributed by atoms with Gasteiger partial charge < -0.3 is 4.90 Å². The number of sulfonamides is 1. The Kier molecular flexibility index (Phi) is 6.14. The van der Waals surface area contributed by atoms with Crippen molar-refractivity contribution in [3.8, 4) is 0 Å². The molecule has 0 radical (unpaired) electrons. The van der Waals surface area contributed by atoms with Gasteiger partial charge in [0.2, 0.25) is 0 Å². The number of fused-ring (bicyclic) bond motifs is 1. The summed E-state index contributed by atoms with van der Waals surface area (Å²) >= 11 is 0. The third kappa shape index (κ3) is 4.21. The lowest BCUT2D eigenvalue weighted by molar-refractivity contribution is 0.0974. The van der Waals surface area contributed by atoms with Crippen LogP contribution in [0.5, 0.6) is 0 Å². The Morgan fingerprint density at radius 2 is 1.31 bits per heavy atom. The molecule has 5 nitrogen and oxygen atoms in total. The van der Waals surface area contributed by atoms with E-state index in [1.165, 1.54) is 4.31 Å². The van der Waals surface area contributed by atoms with Crippen LogP contribution in [0.2, 0.25) is 0 Å². The zero-order valence-corrected chi connectivity index (χ0v) is 20.2. The van der Waals surface area contributed by atoms with Gasteiger partial charge in [-0.2, -0.15) is 0 Å². The number of hydrogen-bond donors (Lipinski definition) is 0. The first-order valence-electron chi connectivity index (χ1n) is 11.6. The Balaban J connectivity index is 1.66. The topological polar surface area (TPSA) is 57.7 Å². The van der Waals surface area contributed by atoms with E-state index in [0.717, 1.165) is 11.3 Å². The van der Waals surface area contributed by atoms with Crippen LogP contribution in [0.4, 0.5) is 11.4 Å². The Labute approximate surface area is 206 Å². The Morgan fingerprint density at radius 3 is 1.97 bits per heavy atom. The van der Waals surface area contributed by atoms with E-state index in [1.807, 2.05) is 79.7 Å². The lowest BCUT2D eigenvalue weighted by Crippen LogP contribution is -2.47. The number of benzene rings is 4. The predicted molar refractivity (Wildman–Crippen MR) is 139 cm³/mol. The smallest absolute Gasteiger partial charge is 0.264 e. The van der Waals surface area contributed by atoms with E-state index >= 15 is 0 Å². The van der Waals surface area contributed by atoms with Crippen molar-refractivity contribution in [2.24, 2.45) is 0 Å². The minimum atomic E-state index is -3.88. The summed E-state index contributed by atoms with van der Waals surface area (Å²) in [7, 11) is -3.88. The van der Waals surface area contributed by atoms with Crippen LogP contribution < -0.4 is 9.21 Å². The average molecular weight is 483 g/mol. The molecule has 4 aromatic carbocycles. The van der Waals surface area contributed by atoms with Crippen LogP contribution in [-0.2, 0) is 10.0 Å². The van der Waals surface area contributed by atoms with Crippen molar-refractivity contribution in [3.63, 3.8) is 0 Å². The SMILES string of the molecule is C[C@@H]1C[C@H](N(c2ccccc2)S(=O)(=O)c2ccccc2)c2ccccc2N1C(=O)c1ccccc1. The van der Waals surface area contributed by atoms with Gasteiger partial charge in [0.1, 0.15) is 0 Å². The van der Waals surface area contributed by atoms with Crippen LogP contribution in [0.1, 0.15) is 35.3 Å². The minimum Gasteiger partial charge on any atom is -0.305 e. The summed E-state index contributed by atoms with van der Waals surface area (Å²) in [6, 6.07) is 33.8. The van der Waals surface area contributed by atoms with Crippen LogP contribution in [0.25, 0.3) is 0 Å². The van der Waals surface area contributed by atoms with Crippen molar-refractivity contribution in [1.82, 2.24) is 0 Å². The number of carbonyl (C=O) groups excluding carboxylic acids is 1. The first-order valence-corrected chi connectivity index (χ1v) is 13.0. The van der Waals surface area contributed by atoms with Gasteiger partial charge >= 0.3 is 0 Å². The van der Waals surface area contributed by atoms with E-state index in [1.54, 1.807) is 47.4 Å². The molecule has 0 bridgehead atoms. The van der Waals surface area contributed by atoms with Crippen molar-refractivity contribution in [2.75, 3.05) is 9.21 Å². The number of carbonyl (C=O) groups is 1. The molecule has 0 saturated carbocycles. The molecule has 2 atom stereocenters. The van der Waals surface area contributed by atoms with E-state index in [-0.39, 0.29) is 16.8 Å². The molecule has 0 aromatic heterocycles. The van der Waals surface area contributed by atoms with Crippen LogP contribution >= 0.6 is 0 Å². The maximum absolute atomic E-state index is 14.0. The molecule has 0 fully saturated rings. The standard InChI is InChI=1S/C29H26N2O3S/c1-22-21-28(26-19-11-12-20-27(26)30(22)29(32)23-13-5-2-6-14-23)31(24-15-7-3-8-16-24)35(33,34)25-17-9-4-10-18-25/h2-20,22,28H,21H2,1H3/t22-,28+/m1/s1. The van der Waals surface area contributed by atoms with Crippen molar-refractivity contribution >= 4 is 27.3 Å². The number of nitrogens with zero attached hydrogens (tertiary/aromatic N) is 2. The van der Waals surface area contributed by atoms with Gasteiger partial charge in [0.15, 0.2) is 0 Å². The molecular formula is C29H26N2O3S. The third-order valence-electron chi connectivity index (χ3n) is 6.39. The molecule has 4 aromatic rings. The quantitative estimate of drug-likeness (QED) is 0.347. The highest BCUT2D eigenvalue weighted by Gasteiger charge is 2.41. The molecule has 1 amide bonds. The fourth-order valence-corrected chi connectivity index (χ4v) is 6.46. The number of hydrogen-bond acceptors (Lipinski definition) is 3. The summed E-state index contributed by atoms with van der Waals surface area (Å²) in [6.45, 7) is 1.97. The van der Waals surface area contributed by atoms with Crippen molar-refractivity contribution in [1.29, 1.82) is 0 Å². The monoisotopic (exact) mass is 482 g/mol. The zero-order valence-electron chi connectivity index (χ0n) is 19.4. The molecule has 1 aliphatic rings. The van der Waals surface area contributed by atoms with Gasteiger partial charge in [-0.15, -0.1) is 0 Å². The first-order chi connectivity index (χ1) is 17.0. The molecule has 0 unspecified atom stereocenters. The second-order valence-electron chi connectivity index (χ2n) is 8.65.